The van der Waals surface area contributed by atoms with Crippen LogP contribution >= 0.6 is 0 Å². The number of nitrogens with one attached hydrogen (secondary N) is 1. The standard InChI is InChI=1S/C28H32N6O/c1-16-9-21-11-20(5-6-26(21)33-14-16)19(4)35-22(13-29)12-27(30)34-15-25-17(2)10-24-23(18(25)3)7-8-32-28(24)31/h5-14,19,34H,15,29-30H2,1-4H3,(H2,31,32)/b22-13+,27-12+. The molecular formula is C28H32N6O. The highest BCUT2D eigenvalue weighted by molar-refractivity contribution is 5.94. The number of aromatic nitrogens is 2. The van der Waals surface area contributed by atoms with Gasteiger partial charge in [-0.3, -0.25) is 4.98 Å². The molecule has 0 radical (unpaired) electrons. The quantitative estimate of drug-likeness (QED) is 0.228. The number of nitrogen functional groups attached to an aromatic ring is 1. The summed E-state index contributed by atoms with van der Waals surface area (Å²) in [4.78, 5) is 8.66. The van der Waals surface area contributed by atoms with Crippen LogP contribution in [-0.2, 0) is 11.3 Å². The smallest absolute Gasteiger partial charge is 0.139 e. The Morgan fingerprint density at radius 2 is 1.89 bits per heavy atom. The van der Waals surface area contributed by atoms with Crippen LogP contribution in [0.2, 0.25) is 0 Å². The first kappa shape index (κ1) is 23.9. The fourth-order valence-electron chi connectivity index (χ4n) is 4.30. The van der Waals surface area contributed by atoms with E-state index in [2.05, 4.69) is 47.3 Å². The van der Waals surface area contributed by atoms with Gasteiger partial charge in [0.25, 0.3) is 0 Å². The van der Waals surface area contributed by atoms with E-state index < -0.39 is 0 Å². The van der Waals surface area contributed by atoms with Gasteiger partial charge in [-0.25, -0.2) is 4.98 Å². The lowest BCUT2D eigenvalue weighted by Gasteiger charge is -2.18. The summed E-state index contributed by atoms with van der Waals surface area (Å²) in [5, 5.41) is 6.40. The average molecular weight is 469 g/mol. The van der Waals surface area contributed by atoms with Crippen molar-refractivity contribution < 1.29 is 4.74 Å². The minimum atomic E-state index is -0.220. The summed E-state index contributed by atoms with van der Waals surface area (Å²) in [7, 11) is 0. The molecule has 4 aromatic rings. The largest absolute Gasteiger partial charge is 0.484 e. The molecule has 180 valence electrons. The number of ether oxygens (including phenoxy) is 1. The molecule has 4 rings (SSSR count). The van der Waals surface area contributed by atoms with E-state index in [1.165, 1.54) is 6.20 Å². The lowest BCUT2D eigenvalue weighted by Crippen LogP contribution is -2.21. The molecule has 0 saturated carbocycles. The molecule has 0 aliphatic carbocycles. The van der Waals surface area contributed by atoms with E-state index in [0.717, 1.165) is 49.5 Å². The van der Waals surface area contributed by atoms with Gasteiger partial charge in [0.05, 0.1) is 5.52 Å². The SMILES string of the molecule is Cc1cnc2ccc(C(C)OC(/C=C(\N)NCc3c(C)cc4c(N)nccc4c3C)=C/N)cc2c1. The fraction of sp³-hybridized carbons (Fsp3) is 0.214. The van der Waals surface area contributed by atoms with Crippen LogP contribution in [0.25, 0.3) is 21.7 Å². The Bertz CT molecular complexity index is 1460. The summed E-state index contributed by atoms with van der Waals surface area (Å²) in [6.07, 6.45) is 6.50. The van der Waals surface area contributed by atoms with Gasteiger partial charge in [0.2, 0.25) is 0 Å². The number of benzene rings is 2. The first-order valence-electron chi connectivity index (χ1n) is 11.6. The number of nitrogens with two attached hydrogens (primary N) is 3. The van der Waals surface area contributed by atoms with E-state index in [4.69, 9.17) is 21.9 Å². The normalized spacial score (nSPS) is 13.3. The maximum atomic E-state index is 6.28. The minimum absolute atomic E-state index is 0.220. The molecule has 0 aliphatic rings. The summed E-state index contributed by atoms with van der Waals surface area (Å²) in [6, 6.07) is 12.3. The third-order valence-corrected chi connectivity index (χ3v) is 6.27. The summed E-state index contributed by atoms with van der Waals surface area (Å²) < 4.78 is 6.10. The molecule has 0 spiro atoms. The van der Waals surface area contributed by atoms with Gasteiger partial charge >= 0.3 is 0 Å². The summed E-state index contributed by atoms with van der Waals surface area (Å²) in [6.45, 7) is 8.72. The van der Waals surface area contributed by atoms with Crippen LogP contribution in [0.4, 0.5) is 5.82 Å². The van der Waals surface area contributed by atoms with Crippen molar-refractivity contribution in [3.63, 3.8) is 0 Å². The fourth-order valence-corrected chi connectivity index (χ4v) is 4.30. The predicted octanol–water partition coefficient (Wildman–Crippen LogP) is 4.76. The number of pyridine rings is 2. The van der Waals surface area contributed by atoms with Gasteiger partial charge in [-0.1, -0.05) is 6.07 Å². The van der Waals surface area contributed by atoms with Gasteiger partial charge in [0.15, 0.2) is 0 Å². The van der Waals surface area contributed by atoms with Gasteiger partial charge in [0.1, 0.15) is 23.5 Å². The third-order valence-electron chi connectivity index (χ3n) is 6.27. The summed E-state index contributed by atoms with van der Waals surface area (Å²) in [5.41, 5.74) is 24.7. The Hall–Kier alpha value is -4.26. The Morgan fingerprint density at radius 1 is 1.09 bits per heavy atom. The van der Waals surface area contributed by atoms with E-state index in [1.807, 2.05) is 38.2 Å². The Labute approximate surface area is 205 Å². The number of fused-ring (bicyclic) bond motifs is 2. The van der Waals surface area contributed by atoms with Crippen LogP contribution in [-0.4, -0.2) is 9.97 Å². The predicted molar refractivity (Wildman–Crippen MR) is 143 cm³/mol. The lowest BCUT2D eigenvalue weighted by molar-refractivity contribution is 0.142. The second kappa shape index (κ2) is 9.93. The number of hydrogen-bond donors (Lipinski definition) is 4. The highest BCUT2D eigenvalue weighted by atomic mass is 16.5. The number of rotatable bonds is 7. The topological polar surface area (TPSA) is 125 Å². The molecule has 7 heteroatoms. The first-order valence-corrected chi connectivity index (χ1v) is 11.6. The Balaban J connectivity index is 1.47. The van der Waals surface area contributed by atoms with E-state index in [0.29, 0.717) is 23.9 Å². The zero-order chi connectivity index (χ0) is 25.1. The van der Waals surface area contributed by atoms with Crippen molar-refractivity contribution in [3.05, 3.63) is 100 Å². The number of aryl methyl sites for hydroxylation is 3. The van der Waals surface area contributed by atoms with Crippen molar-refractivity contribution in [2.24, 2.45) is 11.5 Å². The van der Waals surface area contributed by atoms with Gasteiger partial charge in [0, 0.05) is 42.0 Å². The monoisotopic (exact) mass is 468 g/mol. The molecule has 35 heavy (non-hydrogen) atoms. The van der Waals surface area contributed by atoms with E-state index in [1.54, 1.807) is 12.3 Å². The summed E-state index contributed by atoms with van der Waals surface area (Å²) in [5.74, 6) is 1.48. The molecule has 0 saturated heterocycles. The van der Waals surface area contributed by atoms with Gasteiger partial charge < -0.3 is 27.3 Å². The maximum Gasteiger partial charge on any atom is 0.139 e. The first-order chi connectivity index (χ1) is 16.8. The zero-order valence-corrected chi connectivity index (χ0v) is 20.6. The minimum Gasteiger partial charge on any atom is -0.484 e. The molecule has 2 heterocycles. The molecule has 2 aromatic heterocycles. The van der Waals surface area contributed by atoms with Crippen molar-refractivity contribution >= 4 is 27.5 Å². The highest BCUT2D eigenvalue weighted by Crippen LogP contribution is 2.28. The van der Waals surface area contributed by atoms with Crippen LogP contribution in [0.15, 0.2) is 72.6 Å². The molecule has 7 N–H and O–H groups in total. The van der Waals surface area contributed by atoms with Crippen LogP contribution in [0.1, 0.15) is 40.8 Å². The number of hydrogen-bond acceptors (Lipinski definition) is 7. The van der Waals surface area contributed by atoms with Crippen LogP contribution < -0.4 is 22.5 Å². The van der Waals surface area contributed by atoms with Crippen molar-refractivity contribution in [1.82, 2.24) is 15.3 Å². The van der Waals surface area contributed by atoms with Crippen LogP contribution in [0.3, 0.4) is 0 Å². The molecule has 0 bridgehead atoms. The van der Waals surface area contributed by atoms with E-state index in [9.17, 15) is 0 Å². The lowest BCUT2D eigenvalue weighted by atomic mass is 9.96. The zero-order valence-electron chi connectivity index (χ0n) is 20.6. The average Bonchev–Trinajstić information content (AvgIpc) is 2.83. The van der Waals surface area contributed by atoms with Gasteiger partial charge in [-0.2, -0.15) is 0 Å². The maximum absolute atomic E-state index is 6.28. The van der Waals surface area contributed by atoms with E-state index >= 15 is 0 Å². The highest BCUT2D eigenvalue weighted by Gasteiger charge is 2.12. The number of nitrogens with zero attached hydrogens (tertiary/aromatic N) is 2. The van der Waals surface area contributed by atoms with Crippen molar-refractivity contribution in [3.8, 4) is 0 Å². The molecule has 0 amide bonds. The number of allylic oxidation sites excluding steroid dienone is 1. The molecular weight excluding hydrogens is 436 g/mol. The molecule has 1 unspecified atom stereocenters. The van der Waals surface area contributed by atoms with Crippen LogP contribution in [0.5, 0.6) is 0 Å². The third kappa shape index (κ3) is 5.14. The molecule has 0 fully saturated rings. The van der Waals surface area contributed by atoms with Crippen molar-refractivity contribution in [2.75, 3.05) is 5.73 Å². The number of anilines is 1. The second-order valence-corrected chi connectivity index (χ2v) is 8.84. The van der Waals surface area contributed by atoms with Gasteiger partial charge in [-0.15, -0.1) is 0 Å². The molecule has 2 aromatic carbocycles. The Morgan fingerprint density at radius 3 is 2.66 bits per heavy atom. The molecule has 7 nitrogen and oxygen atoms in total. The van der Waals surface area contributed by atoms with Crippen molar-refractivity contribution in [2.45, 2.75) is 40.3 Å². The molecule has 0 aliphatic heterocycles. The van der Waals surface area contributed by atoms with E-state index in [-0.39, 0.29) is 6.10 Å². The second-order valence-electron chi connectivity index (χ2n) is 8.84. The van der Waals surface area contributed by atoms with Gasteiger partial charge in [-0.05, 0) is 91.2 Å². The van der Waals surface area contributed by atoms with Crippen LogP contribution in [0, 0.1) is 20.8 Å². The molecule has 1 atom stereocenters. The summed E-state index contributed by atoms with van der Waals surface area (Å²) >= 11 is 0. The Kier molecular flexibility index (Phi) is 6.78. The van der Waals surface area contributed by atoms with Crippen molar-refractivity contribution in [1.29, 1.82) is 0 Å².